The predicted molar refractivity (Wildman–Crippen MR) is 88.7 cm³/mol. The van der Waals surface area contributed by atoms with E-state index < -0.39 is 5.60 Å². The van der Waals surface area contributed by atoms with Gasteiger partial charge in [0.15, 0.2) is 0 Å². The number of nitrogens with one attached hydrogen (secondary N) is 1. The van der Waals surface area contributed by atoms with Crippen LogP contribution in [-0.4, -0.2) is 35.2 Å². The van der Waals surface area contributed by atoms with Gasteiger partial charge in [-0.25, -0.2) is 4.79 Å². The second-order valence-corrected chi connectivity index (χ2v) is 7.17. The average Bonchev–Trinajstić information content (AvgIpc) is 2.41. The van der Waals surface area contributed by atoms with Crippen LogP contribution in [0.4, 0.5) is 4.79 Å². The van der Waals surface area contributed by atoms with Gasteiger partial charge >= 0.3 is 6.09 Å². The molecule has 0 bridgehead atoms. The van der Waals surface area contributed by atoms with E-state index in [1.165, 1.54) is 5.56 Å². The van der Waals surface area contributed by atoms with Gasteiger partial charge in [0.25, 0.3) is 0 Å². The first-order valence-corrected chi connectivity index (χ1v) is 8.11. The summed E-state index contributed by atoms with van der Waals surface area (Å²) in [6.07, 6.45) is 1.63. The zero-order valence-corrected chi connectivity index (χ0v) is 14.1. The van der Waals surface area contributed by atoms with Crippen LogP contribution in [-0.2, 0) is 11.3 Å². The van der Waals surface area contributed by atoms with Gasteiger partial charge in [-0.3, -0.25) is 4.90 Å². The van der Waals surface area contributed by atoms with Crippen LogP contribution >= 0.6 is 0 Å². The van der Waals surface area contributed by atoms with Gasteiger partial charge in [0.1, 0.15) is 5.60 Å². The smallest absolute Gasteiger partial charge is 0.407 e. The molecule has 1 aromatic rings. The largest absolute Gasteiger partial charge is 0.444 e. The molecule has 2 atom stereocenters. The van der Waals surface area contributed by atoms with Crippen molar-refractivity contribution < 1.29 is 9.53 Å². The van der Waals surface area contributed by atoms with Crippen molar-refractivity contribution in [1.29, 1.82) is 0 Å². The molecule has 1 heterocycles. The first-order chi connectivity index (χ1) is 10.3. The van der Waals surface area contributed by atoms with Crippen LogP contribution in [0.1, 0.15) is 46.1 Å². The molecular formula is C18H28N2O2. The highest BCUT2D eigenvalue weighted by atomic mass is 16.6. The Morgan fingerprint density at radius 3 is 2.59 bits per heavy atom. The number of amides is 1. The molecule has 1 fully saturated rings. The lowest BCUT2D eigenvalue weighted by molar-refractivity contribution is 0.0453. The molecule has 1 N–H and O–H groups in total. The molecule has 1 amide bonds. The number of hydrogen-bond acceptors (Lipinski definition) is 3. The molecule has 1 aromatic carbocycles. The third kappa shape index (κ3) is 5.34. The molecule has 4 nitrogen and oxygen atoms in total. The monoisotopic (exact) mass is 304 g/mol. The molecule has 122 valence electrons. The van der Waals surface area contributed by atoms with E-state index in [-0.39, 0.29) is 12.1 Å². The summed E-state index contributed by atoms with van der Waals surface area (Å²) in [6.45, 7) is 9.86. The topological polar surface area (TPSA) is 41.6 Å². The molecule has 4 heteroatoms. The van der Waals surface area contributed by atoms with E-state index in [4.69, 9.17) is 4.74 Å². The minimum Gasteiger partial charge on any atom is -0.444 e. The predicted octanol–water partition coefficient (Wildman–Crippen LogP) is 3.56. The Hall–Kier alpha value is -1.55. The van der Waals surface area contributed by atoms with Crippen LogP contribution in [0.3, 0.4) is 0 Å². The highest BCUT2D eigenvalue weighted by molar-refractivity contribution is 5.68. The number of carbonyl (C=O) groups excluding carboxylic acids is 1. The second kappa shape index (κ2) is 7.14. The lowest BCUT2D eigenvalue weighted by Gasteiger charge is -2.38. The molecule has 1 aliphatic heterocycles. The minimum atomic E-state index is -0.441. The van der Waals surface area contributed by atoms with Crippen molar-refractivity contribution in [3.63, 3.8) is 0 Å². The average molecular weight is 304 g/mol. The molecule has 0 unspecified atom stereocenters. The maximum absolute atomic E-state index is 11.9. The van der Waals surface area contributed by atoms with Gasteiger partial charge in [-0.05, 0) is 46.1 Å². The summed E-state index contributed by atoms with van der Waals surface area (Å²) in [6, 6.07) is 11.2. The summed E-state index contributed by atoms with van der Waals surface area (Å²) in [5.41, 5.74) is 0.900. The number of hydrogen-bond donors (Lipinski definition) is 1. The van der Waals surface area contributed by atoms with Crippen molar-refractivity contribution in [3.8, 4) is 0 Å². The van der Waals surface area contributed by atoms with Gasteiger partial charge < -0.3 is 10.1 Å². The van der Waals surface area contributed by atoms with Gasteiger partial charge in [0.2, 0.25) is 0 Å². The van der Waals surface area contributed by atoms with E-state index in [1.807, 2.05) is 26.8 Å². The molecular weight excluding hydrogens is 276 g/mol. The van der Waals surface area contributed by atoms with Crippen molar-refractivity contribution >= 4 is 6.09 Å². The standard InChI is InChI=1S/C18H28N2O2/c1-14-12-16(19-17(21)22-18(2,3)4)10-11-20(14)13-15-8-6-5-7-9-15/h5-9,14,16H,10-13H2,1-4H3,(H,19,21)/t14-,16-/m0/s1. The Morgan fingerprint density at radius 1 is 1.32 bits per heavy atom. The zero-order chi connectivity index (χ0) is 16.2. The Kier molecular flexibility index (Phi) is 5.46. The molecule has 0 saturated carbocycles. The molecule has 1 aliphatic rings. The van der Waals surface area contributed by atoms with Crippen LogP contribution in [0.2, 0.25) is 0 Å². The Balaban J connectivity index is 1.81. The highest BCUT2D eigenvalue weighted by Gasteiger charge is 2.27. The molecule has 0 radical (unpaired) electrons. The lowest BCUT2D eigenvalue weighted by atomic mass is 9.97. The molecule has 0 spiro atoms. The maximum Gasteiger partial charge on any atom is 0.407 e. The number of carbonyl (C=O) groups is 1. The summed E-state index contributed by atoms with van der Waals surface area (Å²) in [4.78, 5) is 14.3. The van der Waals surface area contributed by atoms with Crippen LogP contribution in [0.5, 0.6) is 0 Å². The van der Waals surface area contributed by atoms with Gasteiger partial charge in [-0.2, -0.15) is 0 Å². The molecule has 1 saturated heterocycles. The summed E-state index contributed by atoms with van der Waals surface area (Å²) in [7, 11) is 0. The molecule has 0 aliphatic carbocycles. The van der Waals surface area contributed by atoms with Crippen LogP contribution < -0.4 is 5.32 Å². The Bertz CT molecular complexity index is 482. The fourth-order valence-corrected chi connectivity index (χ4v) is 2.88. The maximum atomic E-state index is 11.9. The van der Waals surface area contributed by atoms with E-state index in [0.717, 1.165) is 25.9 Å². The molecule has 0 aromatic heterocycles. The van der Waals surface area contributed by atoms with Crippen molar-refractivity contribution in [1.82, 2.24) is 10.2 Å². The van der Waals surface area contributed by atoms with Crippen molar-refractivity contribution in [2.75, 3.05) is 6.54 Å². The number of rotatable bonds is 3. The van der Waals surface area contributed by atoms with Crippen molar-refractivity contribution in [3.05, 3.63) is 35.9 Å². The summed E-state index contributed by atoms with van der Waals surface area (Å²) in [5.74, 6) is 0. The van der Waals surface area contributed by atoms with Crippen molar-refractivity contribution in [2.24, 2.45) is 0 Å². The Labute approximate surface area is 133 Å². The number of likely N-dealkylation sites (tertiary alicyclic amines) is 1. The summed E-state index contributed by atoms with van der Waals surface area (Å²) < 4.78 is 5.33. The minimum absolute atomic E-state index is 0.205. The van der Waals surface area contributed by atoms with E-state index in [1.54, 1.807) is 0 Å². The SMILES string of the molecule is C[C@H]1C[C@@H](NC(=O)OC(C)(C)C)CCN1Cc1ccccc1. The number of alkyl carbamates (subject to hydrolysis) is 1. The molecule has 22 heavy (non-hydrogen) atoms. The summed E-state index contributed by atoms with van der Waals surface area (Å²) in [5, 5.41) is 3.00. The molecule has 2 rings (SSSR count). The van der Waals surface area contributed by atoms with Crippen LogP contribution in [0, 0.1) is 0 Å². The van der Waals surface area contributed by atoms with Gasteiger partial charge in [0, 0.05) is 25.2 Å². The van der Waals surface area contributed by atoms with Crippen LogP contribution in [0.25, 0.3) is 0 Å². The zero-order valence-electron chi connectivity index (χ0n) is 14.1. The van der Waals surface area contributed by atoms with Gasteiger partial charge in [-0.15, -0.1) is 0 Å². The fraction of sp³-hybridized carbons (Fsp3) is 0.611. The van der Waals surface area contributed by atoms with Crippen molar-refractivity contribution in [2.45, 2.75) is 64.8 Å². The number of piperidine rings is 1. The lowest BCUT2D eigenvalue weighted by Crippen LogP contribution is -2.49. The van der Waals surface area contributed by atoms with Crippen LogP contribution in [0.15, 0.2) is 30.3 Å². The first-order valence-electron chi connectivity index (χ1n) is 8.11. The van der Waals surface area contributed by atoms with E-state index >= 15 is 0 Å². The third-order valence-corrected chi connectivity index (χ3v) is 3.96. The quantitative estimate of drug-likeness (QED) is 0.928. The third-order valence-electron chi connectivity index (χ3n) is 3.96. The highest BCUT2D eigenvalue weighted by Crippen LogP contribution is 2.20. The van der Waals surface area contributed by atoms with E-state index in [9.17, 15) is 4.79 Å². The van der Waals surface area contributed by atoms with E-state index in [0.29, 0.717) is 6.04 Å². The van der Waals surface area contributed by atoms with Gasteiger partial charge in [0.05, 0.1) is 0 Å². The van der Waals surface area contributed by atoms with Gasteiger partial charge in [-0.1, -0.05) is 30.3 Å². The Morgan fingerprint density at radius 2 is 2.00 bits per heavy atom. The van der Waals surface area contributed by atoms with E-state index in [2.05, 4.69) is 41.4 Å². The number of ether oxygens (including phenoxy) is 1. The second-order valence-electron chi connectivity index (χ2n) is 7.17. The first kappa shape index (κ1) is 16.8. The summed E-state index contributed by atoms with van der Waals surface area (Å²) >= 11 is 0. The number of benzene rings is 1. The number of nitrogens with zero attached hydrogens (tertiary/aromatic N) is 1. The normalized spacial score (nSPS) is 23.1. The fourth-order valence-electron chi connectivity index (χ4n) is 2.88.